The van der Waals surface area contributed by atoms with Gasteiger partial charge in [0.1, 0.15) is 18.2 Å². The molecule has 1 saturated heterocycles. The van der Waals surface area contributed by atoms with Gasteiger partial charge in [-0.15, -0.1) is 0 Å². The number of benzene rings is 2. The summed E-state index contributed by atoms with van der Waals surface area (Å²) in [7, 11) is 0. The number of rotatable bonds is 12. The Balaban J connectivity index is 1.46. The largest absolute Gasteiger partial charge is 0.346 e. The van der Waals surface area contributed by atoms with Gasteiger partial charge >= 0.3 is 0 Å². The number of hydroxylamine groups is 2. The SMILES string of the molecule is CC(C)[C@H](NC(=O)C[C@H](NC(=O)c1ccccn1)c1ccccc1)C(=O)[C@@H]1C(=O)N(OCc2ccccc2)C(=O)[C@H]1C. The van der Waals surface area contributed by atoms with Crippen LogP contribution in [-0.4, -0.2) is 45.5 Å². The molecule has 4 atom stereocenters. The van der Waals surface area contributed by atoms with Crippen LogP contribution in [0.3, 0.4) is 0 Å². The number of pyridine rings is 1. The highest BCUT2D eigenvalue weighted by Crippen LogP contribution is 2.30. The molecule has 10 nitrogen and oxygen atoms in total. The minimum Gasteiger partial charge on any atom is -0.346 e. The average molecular weight is 571 g/mol. The van der Waals surface area contributed by atoms with Crippen molar-refractivity contribution >= 4 is 29.4 Å². The van der Waals surface area contributed by atoms with E-state index in [0.717, 1.165) is 5.56 Å². The summed E-state index contributed by atoms with van der Waals surface area (Å²) in [4.78, 5) is 75.5. The van der Waals surface area contributed by atoms with Crippen LogP contribution in [0.4, 0.5) is 0 Å². The number of ketones is 1. The highest BCUT2D eigenvalue weighted by molar-refractivity contribution is 6.16. The van der Waals surface area contributed by atoms with Crippen molar-refractivity contribution < 1.29 is 28.8 Å². The Morgan fingerprint density at radius 2 is 1.52 bits per heavy atom. The quantitative estimate of drug-likeness (QED) is 0.252. The van der Waals surface area contributed by atoms with Crippen molar-refractivity contribution in [2.75, 3.05) is 0 Å². The predicted molar refractivity (Wildman–Crippen MR) is 153 cm³/mol. The van der Waals surface area contributed by atoms with Gasteiger partial charge in [0.05, 0.1) is 24.4 Å². The highest BCUT2D eigenvalue weighted by atomic mass is 16.7. The van der Waals surface area contributed by atoms with E-state index in [9.17, 15) is 24.0 Å². The number of nitrogens with zero attached hydrogens (tertiary/aromatic N) is 2. The van der Waals surface area contributed by atoms with Crippen LogP contribution in [0.5, 0.6) is 0 Å². The van der Waals surface area contributed by atoms with Gasteiger partial charge in [0.25, 0.3) is 17.7 Å². The number of hydrogen-bond donors (Lipinski definition) is 2. The first-order valence-electron chi connectivity index (χ1n) is 13.8. The van der Waals surface area contributed by atoms with Crippen molar-refractivity contribution in [2.45, 2.75) is 45.9 Å². The first-order chi connectivity index (χ1) is 20.2. The van der Waals surface area contributed by atoms with Crippen molar-refractivity contribution in [3.8, 4) is 0 Å². The summed E-state index contributed by atoms with van der Waals surface area (Å²) in [6.07, 6.45) is 1.33. The first-order valence-corrected chi connectivity index (χ1v) is 13.8. The van der Waals surface area contributed by atoms with Crippen LogP contribution in [0.1, 0.15) is 54.8 Å². The lowest BCUT2D eigenvalue weighted by Crippen LogP contribution is -2.49. The van der Waals surface area contributed by atoms with Crippen LogP contribution < -0.4 is 10.6 Å². The van der Waals surface area contributed by atoms with E-state index in [4.69, 9.17) is 4.84 Å². The lowest BCUT2D eigenvalue weighted by Gasteiger charge is -2.26. The maximum absolute atomic E-state index is 13.7. The Morgan fingerprint density at radius 3 is 2.14 bits per heavy atom. The van der Waals surface area contributed by atoms with Crippen LogP contribution in [-0.2, 0) is 30.6 Å². The molecule has 0 spiro atoms. The molecule has 1 fully saturated rings. The number of carbonyl (C=O) groups is 5. The Bertz CT molecular complexity index is 1410. The summed E-state index contributed by atoms with van der Waals surface area (Å²) >= 11 is 0. The number of Topliss-reactive ketones (excluding diaryl/α,β-unsaturated/α-hetero) is 1. The third kappa shape index (κ3) is 7.13. The fourth-order valence-electron chi connectivity index (χ4n) is 4.83. The van der Waals surface area contributed by atoms with Gasteiger partial charge in [-0.2, -0.15) is 5.06 Å². The lowest BCUT2D eigenvalue weighted by atomic mass is 9.85. The molecule has 1 aliphatic rings. The molecule has 4 amide bonds. The minimum atomic E-state index is -1.30. The van der Waals surface area contributed by atoms with Gasteiger partial charge in [0, 0.05) is 6.20 Å². The molecule has 10 heteroatoms. The molecular formula is C32H34N4O6. The van der Waals surface area contributed by atoms with Gasteiger partial charge in [-0.1, -0.05) is 87.5 Å². The fraction of sp³-hybridized carbons (Fsp3) is 0.312. The monoisotopic (exact) mass is 570 g/mol. The molecule has 218 valence electrons. The Kier molecular flexibility index (Phi) is 9.93. The van der Waals surface area contributed by atoms with E-state index in [2.05, 4.69) is 15.6 Å². The molecule has 0 unspecified atom stereocenters. The van der Waals surface area contributed by atoms with E-state index in [1.165, 1.54) is 13.1 Å². The van der Waals surface area contributed by atoms with E-state index in [1.807, 2.05) is 24.3 Å². The van der Waals surface area contributed by atoms with Crippen molar-refractivity contribution in [1.29, 1.82) is 0 Å². The van der Waals surface area contributed by atoms with Crippen molar-refractivity contribution in [2.24, 2.45) is 17.8 Å². The minimum absolute atomic E-state index is 0.0125. The van der Waals surface area contributed by atoms with Gasteiger partial charge in [-0.05, 0) is 29.2 Å². The standard InChI is InChI=1S/C32H34N4O6/c1-20(2)28(29(38)27-21(3)31(40)36(32(27)41)42-19-22-12-6-4-7-13-22)35-26(37)18-25(23-14-8-5-9-15-23)34-30(39)24-16-10-11-17-33-24/h4-17,20-21,25,27-28H,18-19H2,1-3H3,(H,34,39)(H,35,37)/t21-,25-,27+,28-/m0/s1. The molecule has 0 bridgehead atoms. The van der Waals surface area contributed by atoms with Crippen molar-refractivity contribution in [1.82, 2.24) is 20.7 Å². The zero-order chi connectivity index (χ0) is 30.2. The molecule has 0 saturated carbocycles. The number of aromatic nitrogens is 1. The summed E-state index contributed by atoms with van der Waals surface area (Å²) in [5.41, 5.74) is 1.66. The van der Waals surface area contributed by atoms with E-state index < -0.39 is 53.3 Å². The van der Waals surface area contributed by atoms with Gasteiger partial charge in [0.15, 0.2) is 5.78 Å². The highest BCUT2D eigenvalue weighted by Gasteiger charge is 2.52. The molecule has 1 aliphatic heterocycles. The zero-order valence-electron chi connectivity index (χ0n) is 23.7. The number of nitrogens with one attached hydrogen (secondary N) is 2. The maximum Gasteiger partial charge on any atom is 0.270 e. The molecule has 0 aliphatic carbocycles. The fourth-order valence-corrected chi connectivity index (χ4v) is 4.83. The molecule has 0 radical (unpaired) electrons. The summed E-state index contributed by atoms with van der Waals surface area (Å²) in [5.74, 6) is -5.50. The topological polar surface area (TPSA) is 135 Å². The second kappa shape index (κ2) is 13.8. The molecule has 3 aromatic rings. The van der Waals surface area contributed by atoms with Gasteiger partial charge in [0.2, 0.25) is 5.91 Å². The van der Waals surface area contributed by atoms with E-state index in [0.29, 0.717) is 10.6 Å². The third-order valence-electron chi connectivity index (χ3n) is 7.15. The van der Waals surface area contributed by atoms with Crippen LogP contribution in [0.2, 0.25) is 0 Å². The Hall–Kier alpha value is -4.70. The number of hydrogen-bond acceptors (Lipinski definition) is 7. The lowest BCUT2D eigenvalue weighted by molar-refractivity contribution is -0.193. The van der Waals surface area contributed by atoms with E-state index in [1.54, 1.807) is 68.4 Å². The van der Waals surface area contributed by atoms with Crippen molar-refractivity contribution in [3.05, 3.63) is 102 Å². The van der Waals surface area contributed by atoms with Crippen LogP contribution >= 0.6 is 0 Å². The predicted octanol–water partition coefficient (Wildman–Crippen LogP) is 3.41. The van der Waals surface area contributed by atoms with Crippen molar-refractivity contribution in [3.63, 3.8) is 0 Å². The third-order valence-corrected chi connectivity index (χ3v) is 7.15. The van der Waals surface area contributed by atoms with Gasteiger partial charge in [-0.25, -0.2) is 0 Å². The summed E-state index contributed by atoms with van der Waals surface area (Å²) in [5, 5.41) is 6.27. The van der Waals surface area contributed by atoms with Crippen LogP contribution in [0, 0.1) is 17.8 Å². The molecule has 1 aromatic heterocycles. The smallest absolute Gasteiger partial charge is 0.270 e. The molecular weight excluding hydrogens is 536 g/mol. The van der Waals surface area contributed by atoms with E-state index in [-0.39, 0.29) is 24.6 Å². The molecule has 4 rings (SSSR count). The Labute approximate surface area is 244 Å². The summed E-state index contributed by atoms with van der Waals surface area (Å²) in [6.45, 7) is 4.99. The Morgan fingerprint density at radius 1 is 0.881 bits per heavy atom. The summed E-state index contributed by atoms with van der Waals surface area (Å²) in [6, 6.07) is 21.2. The maximum atomic E-state index is 13.7. The van der Waals surface area contributed by atoms with E-state index >= 15 is 0 Å². The average Bonchev–Trinajstić information content (AvgIpc) is 3.21. The number of carbonyl (C=O) groups excluding carboxylic acids is 5. The van der Waals surface area contributed by atoms with Crippen LogP contribution in [0.15, 0.2) is 85.1 Å². The normalized spacial score (nSPS) is 18.0. The molecule has 42 heavy (non-hydrogen) atoms. The zero-order valence-corrected chi connectivity index (χ0v) is 23.7. The molecule has 2 N–H and O–H groups in total. The second-order valence-corrected chi connectivity index (χ2v) is 10.5. The van der Waals surface area contributed by atoms with Gasteiger partial charge < -0.3 is 10.6 Å². The van der Waals surface area contributed by atoms with Gasteiger partial charge in [-0.3, -0.25) is 33.8 Å². The molecule has 2 heterocycles. The first kappa shape index (κ1) is 30.3. The number of imide groups is 1. The van der Waals surface area contributed by atoms with Crippen LogP contribution in [0.25, 0.3) is 0 Å². The number of amides is 4. The molecule has 2 aromatic carbocycles. The second-order valence-electron chi connectivity index (χ2n) is 10.5. The summed E-state index contributed by atoms with van der Waals surface area (Å²) < 4.78 is 0.